The van der Waals surface area contributed by atoms with Crippen molar-refractivity contribution in [3.63, 3.8) is 0 Å². The van der Waals surface area contributed by atoms with Crippen LogP contribution in [0.1, 0.15) is 24.0 Å². The van der Waals surface area contributed by atoms with Gasteiger partial charge in [0.1, 0.15) is 0 Å². The summed E-state index contributed by atoms with van der Waals surface area (Å²) >= 11 is 1.53. The molecule has 24 heavy (non-hydrogen) atoms. The van der Waals surface area contributed by atoms with Crippen LogP contribution < -0.4 is 24.8 Å². The van der Waals surface area contributed by atoms with Crippen molar-refractivity contribution in [3.05, 3.63) is 93.3 Å². The van der Waals surface area contributed by atoms with E-state index in [1.807, 2.05) is 0 Å². The molecule has 0 atom stereocenters. The van der Waals surface area contributed by atoms with Gasteiger partial charge in [-0.1, -0.05) is 0 Å². The number of hydrogen-bond donors (Lipinski definition) is 0. The fourth-order valence-corrected chi connectivity index (χ4v) is 5.09. The van der Waals surface area contributed by atoms with Crippen LogP contribution in [0.3, 0.4) is 0 Å². The third-order valence-electron chi connectivity index (χ3n) is 4.91. The average molecular weight is 431 g/mol. The minimum Gasteiger partial charge on any atom is -1.00 e. The first kappa shape index (κ1) is 19.4. The topological polar surface area (TPSA) is 0 Å². The fourth-order valence-electron chi connectivity index (χ4n) is 4.07. The van der Waals surface area contributed by atoms with Crippen LogP contribution in [0.5, 0.6) is 0 Å². The number of hydrogen-bond acceptors (Lipinski definition) is 0. The Balaban J connectivity index is 0.00000104. The molecule has 0 heterocycles. The Kier molecular flexibility index (Phi) is 6.13. The third kappa shape index (κ3) is 2.62. The maximum absolute atomic E-state index is 4.07. The van der Waals surface area contributed by atoms with Gasteiger partial charge >= 0.3 is 147 Å². The first-order chi connectivity index (χ1) is 10.8. The second-order valence-electron chi connectivity index (χ2n) is 5.99. The quantitative estimate of drug-likeness (QED) is 0.564. The Morgan fingerprint density at radius 2 is 1.50 bits per heavy atom. The molecule has 0 saturated heterocycles. The molecule has 119 valence electrons. The van der Waals surface area contributed by atoms with E-state index in [0.717, 1.165) is 12.8 Å². The minimum atomic E-state index is -0.0410. The monoisotopic (exact) mass is 429 g/mol. The molecule has 0 aliphatic heterocycles. The van der Waals surface area contributed by atoms with Crippen molar-refractivity contribution in [2.75, 3.05) is 0 Å². The van der Waals surface area contributed by atoms with Crippen molar-refractivity contribution >= 4 is 0 Å². The molecule has 0 radical (unpaired) electrons. The number of rotatable bonds is 3. The number of fused-ring (bicyclic) bond motifs is 3. The van der Waals surface area contributed by atoms with Crippen LogP contribution >= 0.6 is 0 Å². The molecule has 2 aliphatic rings. The van der Waals surface area contributed by atoms with Crippen LogP contribution in [0.2, 0.25) is 0 Å². The molecule has 0 aromatic heterocycles. The molecule has 0 amide bonds. The van der Waals surface area contributed by atoms with Gasteiger partial charge in [-0.15, -0.1) is 0 Å². The molecule has 2 aromatic carbocycles. The molecule has 3 heteroatoms. The Labute approximate surface area is 171 Å². The van der Waals surface area contributed by atoms with Gasteiger partial charge in [0, 0.05) is 0 Å². The molecule has 0 nitrogen and oxygen atoms in total. The van der Waals surface area contributed by atoms with Crippen LogP contribution in [-0.4, -0.2) is 0 Å². The minimum absolute atomic E-state index is 0. The largest absolute Gasteiger partial charge is 1.00 e. The average Bonchev–Trinajstić information content (AvgIpc) is 3.10. The SMILES string of the molecule is C=CCC1(C2=[C]([Zr+2])CC=C2)c2ccccc2-c2ccccc21.[Cl-].[Cl-]. The summed E-state index contributed by atoms with van der Waals surface area (Å²) in [7, 11) is 0. The molecule has 2 aliphatic carbocycles. The maximum atomic E-state index is 4.07. The summed E-state index contributed by atoms with van der Waals surface area (Å²) in [6.45, 7) is 4.07. The van der Waals surface area contributed by atoms with Crippen molar-refractivity contribution in [1.82, 2.24) is 0 Å². The van der Waals surface area contributed by atoms with Crippen LogP contribution in [0, 0.1) is 0 Å². The van der Waals surface area contributed by atoms with Gasteiger partial charge in [-0.3, -0.25) is 0 Å². The molecule has 0 N–H and O–H groups in total. The first-order valence-corrected chi connectivity index (χ1v) is 8.94. The second kappa shape index (κ2) is 7.56. The molecule has 2 aromatic rings. The van der Waals surface area contributed by atoms with Gasteiger partial charge in [0.25, 0.3) is 0 Å². The van der Waals surface area contributed by atoms with Gasteiger partial charge in [0.2, 0.25) is 0 Å². The summed E-state index contributed by atoms with van der Waals surface area (Å²) in [6, 6.07) is 17.8. The Bertz CT molecular complexity index is 788. The zero-order chi connectivity index (χ0) is 15.2. The van der Waals surface area contributed by atoms with Gasteiger partial charge in [0.15, 0.2) is 0 Å². The number of halogens is 2. The molecule has 4 rings (SSSR count). The van der Waals surface area contributed by atoms with Gasteiger partial charge in [-0.2, -0.15) is 0 Å². The zero-order valence-corrected chi connectivity index (χ0v) is 17.2. The molecule has 0 spiro atoms. The van der Waals surface area contributed by atoms with Gasteiger partial charge < -0.3 is 24.8 Å². The van der Waals surface area contributed by atoms with Crippen LogP contribution in [-0.2, 0) is 30.1 Å². The van der Waals surface area contributed by atoms with E-state index in [1.54, 1.807) is 3.28 Å². The van der Waals surface area contributed by atoms with Crippen molar-refractivity contribution in [3.8, 4) is 11.1 Å². The zero-order valence-electron chi connectivity index (χ0n) is 13.2. The van der Waals surface area contributed by atoms with Crippen LogP contribution in [0.4, 0.5) is 0 Å². The van der Waals surface area contributed by atoms with Gasteiger partial charge in [-0.05, 0) is 0 Å². The van der Waals surface area contributed by atoms with E-state index in [4.69, 9.17) is 0 Å². The predicted octanol–water partition coefficient (Wildman–Crippen LogP) is -0.702. The normalized spacial score (nSPS) is 16.1. The van der Waals surface area contributed by atoms with Crippen molar-refractivity contribution in [2.45, 2.75) is 18.3 Å². The van der Waals surface area contributed by atoms with E-state index in [0.29, 0.717) is 0 Å². The summed E-state index contributed by atoms with van der Waals surface area (Å²) in [4.78, 5) is 0. The summed E-state index contributed by atoms with van der Waals surface area (Å²) in [5, 5.41) is 0. The van der Waals surface area contributed by atoms with Crippen LogP contribution in [0.15, 0.2) is 82.2 Å². The molecule has 0 fully saturated rings. The van der Waals surface area contributed by atoms with Crippen molar-refractivity contribution < 1.29 is 49.5 Å². The van der Waals surface area contributed by atoms with E-state index in [2.05, 4.69) is 73.3 Å². The van der Waals surface area contributed by atoms with E-state index >= 15 is 0 Å². The van der Waals surface area contributed by atoms with E-state index in [9.17, 15) is 0 Å². The Morgan fingerprint density at radius 3 is 1.96 bits per heavy atom. The van der Waals surface area contributed by atoms with E-state index in [1.165, 1.54) is 52.5 Å². The third-order valence-corrected chi connectivity index (χ3v) is 6.07. The smallest absolute Gasteiger partial charge is 1.00 e. The molecule has 0 bridgehead atoms. The van der Waals surface area contributed by atoms with E-state index < -0.39 is 0 Å². The standard InChI is InChI=1S/C21H17.2ClH.Zr/c1-2-15-21(16-9-3-4-10-16)19-13-7-5-11-17(19)18-12-6-8-14-20(18)21;;;/h2-3,5-9,11-14H,1,4,15H2;2*1H;/q;;;+2/p-2. The van der Waals surface area contributed by atoms with Gasteiger partial charge in [-0.25, -0.2) is 0 Å². The fraction of sp³-hybridized carbons (Fsp3) is 0.143. The summed E-state index contributed by atoms with van der Waals surface area (Å²) in [6.07, 6.45) is 8.82. The molecule has 0 unspecified atom stereocenters. The van der Waals surface area contributed by atoms with Crippen molar-refractivity contribution in [2.24, 2.45) is 0 Å². The summed E-state index contributed by atoms with van der Waals surface area (Å²) in [5.74, 6) is 0. The first-order valence-electron chi connectivity index (χ1n) is 7.71. The maximum Gasteiger partial charge on any atom is -1.00 e. The second-order valence-corrected chi connectivity index (χ2v) is 7.47. The predicted molar refractivity (Wildman–Crippen MR) is 88.3 cm³/mol. The Hall–Kier alpha value is -0.877. The van der Waals surface area contributed by atoms with Crippen molar-refractivity contribution in [1.29, 1.82) is 0 Å². The summed E-state index contributed by atoms with van der Waals surface area (Å²) < 4.78 is 1.57. The molecule has 0 saturated carbocycles. The van der Waals surface area contributed by atoms with Gasteiger partial charge in [0.05, 0.1) is 0 Å². The van der Waals surface area contributed by atoms with E-state index in [-0.39, 0.29) is 30.2 Å². The number of benzene rings is 2. The van der Waals surface area contributed by atoms with Crippen LogP contribution in [0.25, 0.3) is 11.1 Å². The summed E-state index contributed by atoms with van der Waals surface area (Å²) in [5.41, 5.74) is 7.12. The Morgan fingerprint density at radius 1 is 0.958 bits per heavy atom. The molecular weight excluding hydrogens is 414 g/mol. The molecular formula is C21H17Cl2Zr. The number of allylic oxidation sites excluding steroid dienone is 5.